The minimum atomic E-state index is 0.0289. The van der Waals surface area contributed by atoms with Crippen molar-refractivity contribution >= 4 is 31.5 Å². The van der Waals surface area contributed by atoms with Crippen LogP contribution >= 0.6 is 11.3 Å². The topological polar surface area (TPSA) is 38.7 Å². The fraction of sp³-hybridized carbons (Fsp3) is 0.233. The van der Waals surface area contributed by atoms with Crippen molar-refractivity contribution in [2.24, 2.45) is 23.7 Å². The number of benzene rings is 5. The zero-order valence-corrected chi connectivity index (χ0v) is 26.9. The second-order valence-electron chi connectivity index (χ2n) is 14.4. The molecule has 12 rings (SSSR count). The average Bonchev–Trinajstić information content (AvgIpc) is 3.65. The van der Waals surface area contributed by atoms with Crippen LogP contribution in [0, 0.1) is 23.7 Å². The first-order chi connectivity index (χ1) is 23.3. The number of aromatic nitrogens is 3. The second-order valence-corrected chi connectivity index (χ2v) is 15.5. The first-order valence-corrected chi connectivity index (χ1v) is 18.0. The Morgan fingerprint density at radius 1 is 0.489 bits per heavy atom. The van der Waals surface area contributed by atoms with E-state index in [9.17, 15) is 0 Å². The quantitative estimate of drug-likeness (QED) is 0.197. The molecule has 0 radical (unpaired) electrons. The molecule has 3 nitrogen and oxygen atoms in total. The number of rotatable bonds is 3. The molecule has 1 spiro atoms. The van der Waals surface area contributed by atoms with Gasteiger partial charge in [-0.2, -0.15) is 0 Å². The lowest BCUT2D eigenvalue weighted by atomic mass is 9.43. The predicted octanol–water partition coefficient (Wildman–Crippen LogP) is 11.0. The van der Waals surface area contributed by atoms with Crippen molar-refractivity contribution in [1.29, 1.82) is 0 Å². The van der Waals surface area contributed by atoms with E-state index in [4.69, 9.17) is 15.0 Å². The third-order valence-electron chi connectivity index (χ3n) is 12.1. The maximum atomic E-state index is 5.44. The van der Waals surface area contributed by atoms with Crippen molar-refractivity contribution in [1.82, 2.24) is 15.0 Å². The molecular formula is C43H33N3S. The van der Waals surface area contributed by atoms with E-state index in [-0.39, 0.29) is 5.41 Å². The van der Waals surface area contributed by atoms with Gasteiger partial charge in [-0.3, -0.25) is 0 Å². The van der Waals surface area contributed by atoms with E-state index in [1.807, 2.05) is 11.3 Å². The maximum absolute atomic E-state index is 5.44. The van der Waals surface area contributed by atoms with Crippen LogP contribution in [0.3, 0.4) is 0 Å². The van der Waals surface area contributed by atoms with Gasteiger partial charge in [0.1, 0.15) is 0 Å². The summed E-state index contributed by atoms with van der Waals surface area (Å²) in [6, 6.07) is 42.0. The fourth-order valence-electron chi connectivity index (χ4n) is 10.7. The van der Waals surface area contributed by atoms with Gasteiger partial charge in [-0.1, -0.05) is 103 Å². The first-order valence-electron chi connectivity index (χ1n) is 17.2. The minimum absolute atomic E-state index is 0.0289. The second kappa shape index (κ2) is 9.68. The predicted molar refractivity (Wildman–Crippen MR) is 192 cm³/mol. The smallest absolute Gasteiger partial charge is 0.165 e. The number of nitrogens with zero attached hydrogens (tertiary/aromatic N) is 3. The summed E-state index contributed by atoms with van der Waals surface area (Å²) in [6.45, 7) is 0. The van der Waals surface area contributed by atoms with Crippen LogP contribution in [0.15, 0.2) is 115 Å². The minimum Gasteiger partial charge on any atom is -0.208 e. The summed E-state index contributed by atoms with van der Waals surface area (Å²) in [4.78, 5) is 16.0. The van der Waals surface area contributed by atoms with Crippen LogP contribution in [-0.4, -0.2) is 15.0 Å². The van der Waals surface area contributed by atoms with Gasteiger partial charge in [0.15, 0.2) is 17.5 Å². The molecule has 0 saturated heterocycles. The van der Waals surface area contributed by atoms with Gasteiger partial charge in [0.2, 0.25) is 0 Å². The molecule has 5 aliphatic carbocycles. The molecule has 0 amide bonds. The fourth-order valence-corrected chi connectivity index (χ4v) is 11.9. The highest BCUT2D eigenvalue weighted by Gasteiger charge is 2.62. The van der Waals surface area contributed by atoms with Crippen LogP contribution in [0.2, 0.25) is 0 Å². The molecule has 0 N–H and O–H groups in total. The molecule has 5 aromatic carbocycles. The van der Waals surface area contributed by atoms with E-state index in [1.165, 1.54) is 74.5 Å². The van der Waals surface area contributed by atoms with Crippen LogP contribution in [0.1, 0.15) is 43.2 Å². The van der Waals surface area contributed by atoms with E-state index in [0.717, 1.165) is 40.4 Å². The van der Waals surface area contributed by atoms with E-state index in [1.54, 1.807) is 5.56 Å². The van der Waals surface area contributed by atoms with Gasteiger partial charge in [0, 0.05) is 42.3 Å². The van der Waals surface area contributed by atoms with E-state index < -0.39 is 0 Å². The summed E-state index contributed by atoms with van der Waals surface area (Å²) in [5, 5.41) is 2.55. The van der Waals surface area contributed by atoms with Crippen LogP contribution < -0.4 is 0 Å². The molecule has 2 aromatic heterocycles. The molecule has 47 heavy (non-hydrogen) atoms. The molecule has 0 aliphatic heterocycles. The highest BCUT2D eigenvalue weighted by atomic mass is 32.1. The first kappa shape index (κ1) is 26.4. The molecule has 0 atom stereocenters. The van der Waals surface area contributed by atoms with Gasteiger partial charge in [0.25, 0.3) is 0 Å². The van der Waals surface area contributed by atoms with Gasteiger partial charge in [-0.15, -0.1) is 11.3 Å². The molecule has 0 unspecified atom stereocenters. The Kier molecular flexibility index (Phi) is 5.44. The Morgan fingerprint density at radius 2 is 1.09 bits per heavy atom. The van der Waals surface area contributed by atoms with Crippen LogP contribution in [0.4, 0.5) is 0 Å². The van der Waals surface area contributed by atoms with Gasteiger partial charge in [0.05, 0.1) is 0 Å². The largest absolute Gasteiger partial charge is 0.208 e. The van der Waals surface area contributed by atoms with Crippen LogP contribution in [0.25, 0.3) is 65.5 Å². The van der Waals surface area contributed by atoms with E-state index in [0.29, 0.717) is 11.8 Å². The molecule has 5 aliphatic rings. The molecular weight excluding hydrogens is 591 g/mol. The molecule has 4 heteroatoms. The summed E-state index contributed by atoms with van der Waals surface area (Å²) in [7, 11) is 0. The summed E-state index contributed by atoms with van der Waals surface area (Å²) >= 11 is 1.83. The van der Waals surface area contributed by atoms with Gasteiger partial charge in [-0.25, -0.2) is 15.0 Å². The Morgan fingerprint density at radius 3 is 1.91 bits per heavy atom. The molecule has 4 bridgehead atoms. The summed E-state index contributed by atoms with van der Waals surface area (Å²) in [5.41, 5.74) is 9.17. The van der Waals surface area contributed by atoms with Crippen molar-refractivity contribution in [2.45, 2.75) is 37.5 Å². The Hall–Kier alpha value is -4.67. The zero-order valence-electron chi connectivity index (χ0n) is 26.1. The monoisotopic (exact) mass is 623 g/mol. The highest BCUT2D eigenvalue weighted by molar-refractivity contribution is 7.26. The van der Waals surface area contributed by atoms with Crippen molar-refractivity contribution in [3.8, 4) is 45.3 Å². The normalized spacial score (nSPS) is 25.1. The summed E-state index contributed by atoms with van der Waals surface area (Å²) in [5.74, 6) is 5.40. The Labute approximate surface area is 278 Å². The zero-order chi connectivity index (χ0) is 30.7. The van der Waals surface area contributed by atoms with Crippen molar-refractivity contribution in [3.63, 3.8) is 0 Å². The standard InChI is InChI=1S/C43H33N3S/c1-2-10-27(11-3-1)40-44-41(46-42(45-40)35-17-9-15-33-31-13-5-7-19-37(31)47-39(33)35)34-16-8-14-32-30-12-4-6-18-36(30)43(38(32)34)28-21-25-20-26(23-28)24-29(43)22-25/h1-19,25-26,28-29H,20-24H2. The van der Waals surface area contributed by atoms with Gasteiger partial charge in [-0.05, 0) is 90.2 Å². The lowest BCUT2D eigenvalue weighted by Gasteiger charge is -2.61. The van der Waals surface area contributed by atoms with E-state index in [2.05, 4.69) is 115 Å². The average molecular weight is 624 g/mol. The number of thiophene rings is 1. The maximum Gasteiger partial charge on any atom is 0.165 e. The van der Waals surface area contributed by atoms with E-state index >= 15 is 0 Å². The summed E-state index contributed by atoms with van der Waals surface area (Å²) in [6.07, 6.45) is 6.84. The Bertz CT molecular complexity index is 2360. The Balaban J connectivity index is 1.19. The third kappa shape index (κ3) is 3.60. The molecule has 2 heterocycles. The highest BCUT2D eigenvalue weighted by Crippen LogP contribution is 2.70. The SMILES string of the molecule is c1ccc(-c2nc(-c3cccc4c3C3(c5ccccc5-4)C4CC5CC(C4)CC3C5)nc(-c3cccc4c3sc3ccccc34)n2)cc1. The molecule has 226 valence electrons. The summed E-state index contributed by atoms with van der Waals surface area (Å²) < 4.78 is 2.52. The number of hydrogen-bond donors (Lipinski definition) is 0. The number of fused-ring (bicyclic) bond motifs is 6. The number of hydrogen-bond acceptors (Lipinski definition) is 4. The van der Waals surface area contributed by atoms with Gasteiger partial charge >= 0.3 is 0 Å². The van der Waals surface area contributed by atoms with Crippen molar-refractivity contribution in [2.75, 3.05) is 0 Å². The van der Waals surface area contributed by atoms with Crippen molar-refractivity contribution < 1.29 is 0 Å². The van der Waals surface area contributed by atoms with Crippen LogP contribution in [0.5, 0.6) is 0 Å². The molecule has 4 saturated carbocycles. The lowest BCUT2D eigenvalue weighted by Crippen LogP contribution is -2.55. The van der Waals surface area contributed by atoms with Gasteiger partial charge < -0.3 is 0 Å². The molecule has 7 aromatic rings. The molecule has 4 fully saturated rings. The lowest BCUT2D eigenvalue weighted by molar-refractivity contribution is -0.0397. The van der Waals surface area contributed by atoms with Crippen molar-refractivity contribution in [3.05, 3.63) is 126 Å². The third-order valence-corrected chi connectivity index (χ3v) is 13.3. The van der Waals surface area contributed by atoms with Crippen LogP contribution in [-0.2, 0) is 5.41 Å².